The quantitative estimate of drug-likeness (QED) is 0.243. The summed E-state index contributed by atoms with van der Waals surface area (Å²) in [7, 11) is -11.1. The van der Waals surface area contributed by atoms with E-state index in [0.717, 1.165) is 6.33 Å². The highest BCUT2D eigenvalue weighted by Crippen LogP contribution is 2.45. The minimum Gasteiger partial charge on any atom is -0.414 e. The summed E-state index contributed by atoms with van der Waals surface area (Å²) in [6.07, 6.45) is -2.96. The zero-order valence-corrected chi connectivity index (χ0v) is 27.3. The van der Waals surface area contributed by atoms with Gasteiger partial charge in [0.2, 0.25) is 0 Å². The summed E-state index contributed by atoms with van der Waals surface area (Å²) in [4.78, 5) is 12.2. The maximum absolute atomic E-state index is 13.6. The van der Waals surface area contributed by atoms with Crippen molar-refractivity contribution in [2.75, 3.05) is 12.3 Å². The van der Waals surface area contributed by atoms with Gasteiger partial charge >= 0.3 is 15.6 Å². The molecule has 1 aliphatic rings. The van der Waals surface area contributed by atoms with Crippen LogP contribution in [0.4, 0.5) is 19.0 Å². The molecule has 228 valence electrons. The van der Waals surface area contributed by atoms with Crippen LogP contribution in [0.15, 0.2) is 12.7 Å². The van der Waals surface area contributed by atoms with Crippen molar-refractivity contribution in [2.24, 2.45) is 0 Å². The van der Waals surface area contributed by atoms with E-state index in [0.29, 0.717) is 0 Å². The van der Waals surface area contributed by atoms with E-state index in [1.165, 1.54) is 10.9 Å². The second-order valence-electron chi connectivity index (χ2n) is 13.0. The van der Waals surface area contributed by atoms with E-state index in [1.807, 2.05) is 67.7 Å². The smallest absolute Gasteiger partial charge is 0.414 e. The summed E-state index contributed by atoms with van der Waals surface area (Å²) in [5.41, 5.74) is 0.542. The Morgan fingerprint density at radius 3 is 2.08 bits per heavy atom. The molecule has 11 nitrogen and oxygen atoms in total. The molecule has 1 aliphatic heterocycles. The number of imidazole rings is 1. The number of anilines is 1. The van der Waals surface area contributed by atoms with Crippen molar-refractivity contribution in [3.63, 3.8) is 0 Å². The van der Waals surface area contributed by atoms with Crippen LogP contribution in [0.5, 0.6) is 0 Å². The number of nitrogens with two attached hydrogens (primary N) is 1. The zero-order chi connectivity index (χ0) is 30.7. The molecule has 4 atom stereocenters. The average Bonchev–Trinajstić information content (AvgIpc) is 3.32. The van der Waals surface area contributed by atoms with Crippen LogP contribution in [0.2, 0.25) is 36.3 Å². The van der Waals surface area contributed by atoms with Crippen molar-refractivity contribution in [2.45, 2.75) is 108 Å². The predicted molar refractivity (Wildman–Crippen MR) is 149 cm³/mol. The second kappa shape index (κ2) is 10.6. The van der Waals surface area contributed by atoms with Gasteiger partial charge in [0, 0.05) is 0 Å². The number of alkyl halides is 3. The van der Waals surface area contributed by atoms with Crippen LogP contribution < -0.4 is 5.73 Å². The van der Waals surface area contributed by atoms with Gasteiger partial charge in [0.15, 0.2) is 34.3 Å². The summed E-state index contributed by atoms with van der Waals surface area (Å²) in [5.74, 6) is 0.0361. The molecule has 3 rings (SSSR count). The Morgan fingerprint density at radius 1 is 0.975 bits per heavy atom. The Bertz CT molecular complexity index is 1320. The molecule has 0 amide bonds. The van der Waals surface area contributed by atoms with Crippen molar-refractivity contribution >= 4 is 43.7 Å². The van der Waals surface area contributed by atoms with E-state index in [4.69, 9.17) is 23.5 Å². The van der Waals surface area contributed by atoms with Crippen molar-refractivity contribution in [3.05, 3.63) is 12.7 Å². The molecule has 40 heavy (non-hydrogen) atoms. The molecule has 0 saturated carbocycles. The van der Waals surface area contributed by atoms with Crippen LogP contribution in [-0.2, 0) is 27.9 Å². The van der Waals surface area contributed by atoms with E-state index >= 15 is 0 Å². The molecular weight excluding hydrogens is 588 g/mol. The molecule has 0 aliphatic carbocycles. The first kappa shape index (κ1) is 32.9. The fraction of sp³-hybridized carbons (Fsp3) is 0.783. The molecule has 2 aromatic rings. The molecule has 0 unspecified atom stereocenters. The Hall–Kier alpha value is -1.64. The van der Waals surface area contributed by atoms with Crippen molar-refractivity contribution in [1.29, 1.82) is 0 Å². The number of nitrogens with zero attached hydrogens (tertiary/aromatic N) is 4. The van der Waals surface area contributed by atoms with E-state index in [-0.39, 0.29) is 33.7 Å². The summed E-state index contributed by atoms with van der Waals surface area (Å²) < 4.78 is 90.9. The van der Waals surface area contributed by atoms with Gasteiger partial charge in [-0.25, -0.2) is 15.0 Å². The topological polar surface area (TPSA) is 141 Å². The third kappa shape index (κ3) is 6.39. The first-order valence-corrected chi connectivity index (χ1v) is 20.0. The Morgan fingerprint density at radius 2 is 1.55 bits per heavy atom. The molecule has 17 heteroatoms. The van der Waals surface area contributed by atoms with E-state index < -0.39 is 56.8 Å². The number of hydrogen-bond donors (Lipinski definition) is 1. The number of nitrogen functional groups attached to an aromatic ring is 1. The van der Waals surface area contributed by atoms with Crippen molar-refractivity contribution in [1.82, 2.24) is 19.5 Å². The SMILES string of the molecule is CC(C)(C)[Si](C)(C)OC[C@H]1O[C@@H](n2cnc3c(N)ncnc32)[C@@H](OS(=O)(=O)C(F)(F)F)[C@@H]1O[Si](C)(C)C(C)(C)C. The van der Waals surface area contributed by atoms with Gasteiger partial charge in [-0.3, -0.25) is 8.75 Å². The molecule has 0 bridgehead atoms. The van der Waals surface area contributed by atoms with Crippen LogP contribution in [0.25, 0.3) is 11.2 Å². The molecule has 2 aromatic heterocycles. The van der Waals surface area contributed by atoms with Gasteiger partial charge in [0.1, 0.15) is 30.2 Å². The van der Waals surface area contributed by atoms with Gasteiger partial charge < -0.3 is 19.3 Å². The summed E-state index contributed by atoms with van der Waals surface area (Å²) in [5, 5.41) is -0.544. The van der Waals surface area contributed by atoms with Gasteiger partial charge in [-0.15, -0.1) is 0 Å². The van der Waals surface area contributed by atoms with Crippen LogP contribution in [0.3, 0.4) is 0 Å². The van der Waals surface area contributed by atoms with E-state index in [9.17, 15) is 21.6 Å². The summed E-state index contributed by atoms with van der Waals surface area (Å²) in [6, 6.07) is 0. The van der Waals surface area contributed by atoms with Crippen LogP contribution in [0, 0.1) is 0 Å². The van der Waals surface area contributed by atoms with Gasteiger partial charge in [0.25, 0.3) is 0 Å². The third-order valence-electron chi connectivity index (χ3n) is 8.12. The lowest BCUT2D eigenvalue weighted by molar-refractivity contribution is -0.0695. The highest BCUT2D eigenvalue weighted by molar-refractivity contribution is 7.87. The number of halogens is 3. The molecule has 0 aromatic carbocycles. The maximum atomic E-state index is 13.6. The zero-order valence-electron chi connectivity index (χ0n) is 24.5. The second-order valence-corrected chi connectivity index (χ2v) is 24.2. The molecular formula is C23H40F3N5O6SSi2. The Kier molecular flexibility index (Phi) is 8.69. The normalized spacial score (nSPS) is 23.7. The minimum atomic E-state index is -6.05. The molecule has 0 spiro atoms. The lowest BCUT2D eigenvalue weighted by Crippen LogP contribution is -2.52. The standard InChI is InChI=1S/C23H40F3N5O6SSi2/c1-21(2,3)39(7,8)34-11-14-16(37-40(9,10)22(4,5)6)17(36-38(32,33)23(24,25)26)20(35-14)31-13-30-15-18(27)28-12-29-19(15)31/h12-14,16-17,20H,11H2,1-10H3,(H2,27,28,29)/t14-,16-,17+,20-/m1/s1. The number of rotatable bonds is 8. The number of hydrogen-bond acceptors (Lipinski definition) is 10. The molecule has 0 radical (unpaired) electrons. The Balaban J connectivity index is 2.16. The minimum absolute atomic E-state index is 0.0361. The molecule has 1 fully saturated rings. The highest BCUT2D eigenvalue weighted by atomic mass is 32.2. The largest absolute Gasteiger partial charge is 0.523 e. The number of fused-ring (bicyclic) bond motifs is 1. The molecule has 2 N–H and O–H groups in total. The van der Waals surface area contributed by atoms with Crippen molar-refractivity contribution < 1.29 is 39.4 Å². The molecule has 3 heterocycles. The first-order valence-electron chi connectivity index (χ1n) is 12.8. The van der Waals surface area contributed by atoms with Gasteiger partial charge in [0.05, 0.1) is 12.9 Å². The Labute approximate surface area is 235 Å². The monoisotopic (exact) mass is 627 g/mol. The number of aromatic nitrogens is 4. The van der Waals surface area contributed by atoms with Crippen LogP contribution in [0.1, 0.15) is 47.8 Å². The summed E-state index contributed by atoms with van der Waals surface area (Å²) >= 11 is 0. The fourth-order valence-corrected chi connectivity index (χ4v) is 6.53. The molecule has 1 saturated heterocycles. The highest BCUT2D eigenvalue weighted by Gasteiger charge is 2.57. The van der Waals surface area contributed by atoms with Gasteiger partial charge in [-0.1, -0.05) is 41.5 Å². The van der Waals surface area contributed by atoms with E-state index in [2.05, 4.69) is 15.0 Å². The fourth-order valence-electron chi connectivity index (χ4n) is 3.59. The lowest BCUT2D eigenvalue weighted by Gasteiger charge is -2.41. The van der Waals surface area contributed by atoms with Gasteiger partial charge in [-0.2, -0.15) is 21.6 Å². The van der Waals surface area contributed by atoms with Crippen LogP contribution >= 0.6 is 0 Å². The van der Waals surface area contributed by atoms with Crippen LogP contribution in [-0.4, -0.2) is 75.0 Å². The summed E-state index contributed by atoms with van der Waals surface area (Å²) in [6.45, 7) is 19.8. The van der Waals surface area contributed by atoms with E-state index in [1.54, 1.807) is 0 Å². The third-order valence-corrected chi connectivity index (χ3v) is 18.1. The van der Waals surface area contributed by atoms with Crippen molar-refractivity contribution in [3.8, 4) is 0 Å². The maximum Gasteiger partial charge on any atom is 0.523 e. The van der Waals surface area contributed by atoms with Gasteiger partial charge in [-0.05, 0) is 36.3 Å². The first-order chi connectivity index (χ1) is 17.9. The predicted octanol–water partition coefficient (Wildman–Crippen LogP) is 4.95. The number of ether oxygens (including phenoxy) is 1. The average molecular weight is 628 g/mol. The lowest BCUT2D eigenvalue weighted by atomic mass is 10.1.